The van der Waals surface area contributed by atoms with Crippen molar-refractivity contribution in [2.24, 2.45) is 5.73 Å². The van der Waals surface area contributed by atoms with E-state index < -0.39 is 10.0 Å². The number of para-hydroxylation sites is 1. The summed E-state index contributed by atoms with van der Waals surface area (Å²) in [6.07, 6.45) is 1.70. The van der Waals surface area contributed by atoms with E-state index >= 15 is 0 Å². The van der Waals surface area contributed by atoms with Gasteiger partial charge in [-0.25, -0.2) is 8.42 Å². The van der Waals surface area contributed by atoms with Crippen LogP contribution in [0.1, 0.15) is 23.7 Å². The standard InChI is InChI=1S/C12H19N3O3S/c1-9(13)7-8-14-12(16)10-5-3-4-6-11(10)15-19(2,17)18/h3-6,9,15H,7-8,13H2,1-2H3,(H,14,16). The van der Waals surface area contributed by atoms with Gasteiger partial charge in [-0.05, 0) is 25.5 Å². The lowest BCUT2D eigenvalue weighted by Gasteiger charge is -2.11. The first kappa shape index (κ1) is 15.5. The number of sulfonamides is 1. The van der Waals surface area contributed by atoms with Crippen molar-refractivity contribution in [3.63, 3.8) is 0 Å². The smallest absolute Gasteiger partial charge is 0.253 e. The summed E-state index contributed by atoms with van der Waals surface area (Å²) in [6.45, 7) is 2.30. The Labute approximate surface area is 113 Å². The normalized spacial score (nSPS) is 12.8. The van der Waals surface area contributed by atoms with Crippen LogP contribution in [0, 0.1) is 0 Å². The minimum absolute atomic E-state index is 0.00434. The van der Waals surface area contributed by atoms with Gasteiger partial charge in [0.05, 0.1) is 17.5 Å². The first-order valence-electron chi connectivity index (χ1n) is 5.90. The molecule has 19 heavy (non-hydrogen) atoms. The van der Waals surface area contributed by atoms with E-state index in [0.717, 1.165) is 6.26 Å². The summed E-state index contributed by atoms with van der Waals surface area (Å²) in [5.74, 6) is -0.326. The first-order chi connectivity index (χ1) is 8.79. The predicted molar refractivity (Wildman–Crippen MR) is 75.5 cm³/mol. The number of nitrogens with two attached hydrogens (primary N) is 1. The van der Waals surface area contributed by atoms with E-state index in [1.54, 1.807) is 24.3 Å². The summed E-state index contributed by atoms with van der Waals surface area (Å²) in [4.78, 5) is 11.9. The molecule has 0 bridgehead atoms. The highest BCUT2D eigenvalue weighted by Gasteiger charge is 2.13. The first-order valence-corrected chi connectivity index (χ1v) is 7.79. The molecule has 0 aliphatic heterocycles. The molecule has 106 valence electrons. The maximum absolute atomic E-state index is 11.9. The van der Waals surface area contributed by atoms with E-state index in [-0.39, 0.29) is 23.2 Å². The second-order valence-electron chi connectivity index (χ2n) is 4.44. The second kappa shape index (κ2) is 6.53. The van der Waals surface area contributed by atoms with Gasteiger partial charge in [0.25, 0.3) is 5.91 Å². The van der Waals surface area contributed by atoms with Crippen LogP contribution >= 0.6 is 0 Å². The van der Waals surface area contributed by atoms with E-state index in [1.807, 2.05) is 6.92 Å². The minimum atomic E-state index is -3.42. The molecule has 1 rings (SSSR count). The maximum Gasteiger partial charge on any atom is 0.253 e. The summed E-state index contributed by atoms with van der Waals surface area (Å²) < 4.78 is 24.8. The monoisotopic (exact) mass is 285 g/mol. The lowest BCUT2D eigenvalue weighted by atomic mass is 10.1. The zero-order valence-electron chi connectivity index (χ0n) is 11.0. The summed E-state index contributed by atoms with van der Waals surface area (Å²) in [5.41, 5.74) is 6.14. The van der Waals surface area contributed by atoms with Crippen LogP contribution in [0.4, 0.5) is 5.69 Å². The quantitative estimate of drug-likeness (QED) is 0.709. The average molecular weight is 285 g/mol. The molecule has 0 aromatic heterocycles. The van der Waals surface area contributed by atoms with Gasteiger partial charge in [0.1, 0.15) is 0 Å². The largest absolute Gasteiger partial charge is 0.352 e. The molecule has 1 amide bonds. The molecule has 1 aromatic carbocycles. The van der Waals surface area contributed by atoms with Gasteiger partial charge in [-0.15, -0.1) is 0 Å². The summed E-state index contributed by atoms with van der Waals surface area (Å²) in [6, 6.07) is 6.45. The van der Waals surface area contributed by atoms with Crippen molar-refractivity contribution in [3.05, 3.63) is 29.8 Å². The van der Waals surface area contributed by atoms with Crippen molar-refractivity contribution in [1.29, 1.82) is 0 Å². The zero-order chi connectivity index (χ0) is 14.5. The number of carbonyl (C=O) groups excluding carboxylic acids is 1. The Morgan fingerprint density at radius 1 is 1.37 bits per heavy atom. The van der Waals surface area contributed by atoms with Crippen molar-refractivity contribution in [2.45, 2.75) is 19.4 Å². The van der Waals surface area contributed by atoms with Gasteiger partial charge < -0.3 is 11.1 Å². The van der Waals surface area contributed by atoms with Crippen LogP contribution < -0.4 is 15.8 Å². The fourth-order valence-corrected chi connectivity index (χ4v) is 2.06. The Bertz CT molecular complexity index is 541. The Balaban J connectivity index is 2.79. The van der Waals surface area contributed by atoms with Gasteiger partial charge in [0.2, 0.25) is 10.0 Å². The molecule has 0 aliphatic rings. The van der Waals surface area contributed by atoms with E-state index in [4.69, 9.17) is 5.73 Å². The third kappa shape index (κ3) is 5.71. The van der Waals surface area contributed by atoms with Gasteiger partial charge in [-0.1, -0.05) is 12.1 Å². The molecule has 0 saturated carbocycles. The SMILES string of the molecule is CC(N)CCNC(=O)c1ccccc1NS(C)(=O)=O. The Morgan fingerprint density at radius 3 is 2.58 bits per heavy atom. The number of carbonyl (C=O) groups is 1. The van der Waals surface area contributed by atoms with Gasteiger partial charge in [-0.3, -0.25) is 9.52 Å². The van der Waals surface area contributed by atoms with Crippen LogP contribution in [-0.4, -0.2) is 33.2 Å². The van der Waals surface area contributed by atoms with Crippen LogP contribution in [0.2, 0.25) is 0 Å². The fraction of sp³-hybridized carbons (Fsp3) is 0.417. The molecule has 1 aromatic rings. The molecule has 0 saturated heterocycles. The molecule has 1 unspecified atom stereocenters. The lowest BCUT2D eigenvalue weighted by molar-refractivity contribution is 0.0953. The van der Waals surface area contributed by atoms with Crippen molar-refractivity contribution in [1.82, 2.24) is 5.32 Å². The van der Waals surface area contributed by atoms with Gasteiger partial charge in [-0.2, -0.15) is 0 Å². The number of benzene rings is 1. The number of amides is 1. The van der Waals surface area contributed by atoms with Crippen molar-refractivity contribution in [3.8, 4) is 0 Å². The summed E-state index contributed by atoms with van der Waals surface area (Å²) in [7, 11) is -3.42. The molecule has 4 N–H and O–H groups in total. The highest BCUT2D eigenvalue weighted by atomic mass is 32.2. The Hall–Kier alpha value is -1.60. The Kier molecular flexibility index (Phi) is 5.31. The zero-order valence-corrected chi connectivity index (χ0v) is 11.8. The number of anilines is 1. The molecular formula is C12H19N3O3S. The topological polar surface area (TPSA) is 101 Å². The van der Waals surface area contributed by atoms with E-state index in [2.05, 4.69) is 10.0 Å². The molecule has 0 aliphatic carbocycles. The van der Waals surface area contributed by atoms with Gasteiger partial charge >= 0.3 is 0 Å². The predicted octanol–water partition coefficient (Wildman–Crippen LogP) is 0.525. The van der Waals surface area contributed by atoms with E-state index in [0.29, 0.717) is 13.0 Å². The number of hydrogen-bond donors (Lipinski definition) is 3. The third-order valence-electron chi connectivity index (χ3n) is 2.35. The van der Waals surface area contributed by atoms with Crippen molar-refractivity contribution in [2.75, 3.05) is 17.5 Å². The molecule has 0 radical (unpaired) electrons. The molecule has 0 heterocycles. The van der Waals surface area contributed by atoms with Crippen LogP contribution in [0.15, 0.2) is 24.3 Å². The molecular weight excluding hydrogens is 266 g/mol. The van der Waals surface area contributed by atoms with Crippen molar-refractivity contribution < 1.29 is 13.2 Å². The Morgan fingerprint density at radius 2 is 2.00 bits per heavy atom. The highest BCUT2D eigenvalue weighted by molar-refractivity contribution is 7.92. The minimum Gasteiger partial charge on any atom is -0.352 e. The summed E-state index contributed by atoms with van der Waals surface area (Å²) >= 11 is 0. The number of hydrogen-bond acceptors (Lipinski definition) is 4. The molecule has 0 spiro atoms. The van der Waals surface area contributed by atoms with E-state index in [9.17, 15) is 13.2 Å². The summed E-state index contributed by atoms with van der Waals surface area (Å²) in [5, 5.41) is 2.70. The number of nitrogens with one attached hydrogen (secondary N) is 2. The highest BCUT2D eigenvalue weighted by Crippen LogP contribution is 2.15. The lowest BCUT2D eigenvalue weighted by Crippen LogP contribution is -2.29. The second-order valence-corrected chi connectivity index (χ2v) is 6.19. The third-order valence-corrected chi connectivity index (χ3v) is 2.94. The molecule has 6 nitrogen and oxygen atoms in total. The van der Waals surface area contributed by atoms with Gasteiger partial charge in [0, 0.05) is 12.6 Å². The van der Waals surface area contributed by atoms with Crippen molar-refractivity contribution >= 4 is 21.6 Å². The van der Waals surface area contributed by atoms with E-state index in [1.165, 1.54) is 0 Å². The van der Waals surface area contributed by atoms with Gasteiger partial charge in [0.15, 0.2) is 0 Å². The van der Waals surface area contributed by atoms with Crippen LogP contribution in [-0.2, 0) is 10.0 Å². The van der Waals surface area contributed by atoms with Crippen LogP contribution in [0.25, 0.3) is 0 Å². The maximum atomic E-state index is 11.9. The van der Waals surface area contributed by atoms with Crippen LogP contribution in [0.3, 0.4) is 0 Å². The fourth-order valence-electron chi connectivity index (χ4n) is 1.48. The molecule has 7 heteroatoms. The average Bonchev–Trinajstić information content (AvgIpc) is 2.26. The molecule has 0 fully saturated rings. The van der Waals surface area contributed by atoms with Crippen LogP contribution in [0.5, 0.6) is 0 Å². The number of rotatable bonds is 6. The molecule has 1 atom stereocenters.